The second-order valence-electron chi connectivity index (χ2n) is 8.24. The van der Waals surface area contributed by atoms with Gasteiger partial charge < -0.3 is 15.4 Å². The molecular formula is C23H26N4O4. The van der Waals surface area contributed by atoms with Crippen LogP contribution in [0.2, 0.25) is 0 Å². The Morgan fingerprint density at radius 2 is 1.94 bits per heavy atom. The molecule has 1 aliphatic heterocycles. The fourth-order valence-corrected chi connectivity index (χ4v) is 4.08. The van der Waals surface area contributed by atoms with E-state index in [0.29, 0.717) is 30.2 Å². The highest BCUT2D eigenvalue weighted by Gasteiger charge is 2.52. The quantitative estimate of drug-likeness (QED) is 0.697. The van der Waals surface area contributed by atoms with Gasteiger partial charge in [-0.05, 0) is 55.9 Å². The molecule has 2 aliphatic rings. The van der Waals surface area contributed by atoms with Crippen molar-refractivity contribution < 1.29 is 19.1 Å². The average molecular weight is 422 g/mol. The van der Waals surface area contributed by atoms with Crippen molar-refractivity contribution in [3.05, 3.63) is 54.4 Å². The minimum Gasteiger partial charge on any atom is -0.485 e. The molecule has 4 rings (SSSR count). The number of carbonyl (C=O) groups excluding carboxylic acids is 3. The van der Waals surface area contributed by atoms with Gasteiger partial charge in [0.1, 0.15) is 24.4 Å². The standard InChI is InChI=1S/C23H26N4O4/c1-16-9-11-23(12-10-16)21(29)27(22(30)26-23)14-20(28)25-18-7-2-3-8-19(18)31-15-17-6-4-5-13-24-17/h2-8,13,16H,9-12,14-15H2,1H3,(H,25,28)(H,26,30). The Labute approximate surface area is 181 Å². The Morgan fingerprint density at radius 3 is 2.68 bits per heavy atom. The van der Waals surface area contributed by atoms with Crippen LogP contribution in [0.4, 0.5) is 10.5 Å². The third kappa shape index (κ3) is 4.52. The van der Waals surface area contributed by atoms with Crippen LogP contribution in [-0.4, -0.2) is 39.8 Å². The molecule has 1 aromatic heterocycles. The molecule has 2 heterocycles. The van der Waals surface area contributed by atoms with Crippen LogP contribution in [0.3, 0.4) is 0 Å². The molecule has 2 fully saturated rings. The third-order valence-corrected chi connectivity index (χ3v) is 5.94. The van der Waals surface area contributed by atoms with E-state index in [0.717, 1.165) is 23.4 Å². The lowest BCUT2D eigenvalue weighted by Gasteiger charge is -2.33. The lowest BCUT2D eigenvalue weighted by molar-refractivity contribution is -0.135. The number of nitrogens with zero attached hydrogens (tertiary/aromatic N) is 2. The van der Waals surface area contributed by atoms with Gasteiger partial charge in [0.25, 0.3) is 5.91 Å². The molecule has 1 saturated heterocycles. The second kappa shape index (κ2) is 8.75. The van der Waals surface area contributed by atoms with E-state index < -0.39 is 17.5 Å². The molecule has 1 aliphatic carbocycles. The van der Waals surface area contributed by atoms with Crippen molar-refractivity contribution in [2.24, 2.45) is 5.92 Å². The van der Waals surface area contributed by atoms with Gasteiger partial charge in [-0.2, -0.15) is 0 Å². The predicted molar refractivity (Wildman–Crippen MR) is 114 cm³/mol. The summed E-state index contributed by atoms with van der Waals surface area (Å²) in [7, 11) is 0. The van der Waals surface area contributed by atoms with Gasteiger partial charge in [0.05, 0.1) is 11.4 Å². The van der Waals surface area contributed by atoms with E-state index in [1.54, 1.807) is 30.5 Å². The number of aromatic nitrogens is 1. The van der Waals surface area contributed by atoms with Crippen LogP contribution in [0.1, 0.15) is 38.3 Å². The van der Waals surface area contributed by atoms with Gasteiger partial charge in [-0.3, -0.25) is 19.5 Å². The molecule has 8 heteroatoms. The van der Waals surface area contributed by atoms with Crippen molar-refractivity contribution in [3.8, 4) is 5.75 Å². The number of rotatable bonds is 6. The van der Waals surface area contributed by atoms with Crippen LogP contribution in [0.15, 0.2) is 48.7 Å². The van der Waals surface area contributed by atoms with Crippen molar-refractivity contribution in [2.45, 2.75) is 44.8 Å². The molecule has 31 heavy (non-hydrogen) atoms. The highest BCUT2D eigenvalue weighted by molar-refractivity contribution is 6.10. The number of ether oxygens (including phenoxy) is 1. The van der Waals surface area contributed by atoms with Gasteiger partial charge in [-0.15, -0.1) is 0 Å². The van der Waals surface area contributed by atoms with Crippen LogP contribution < -0.4 is 15.4 Å². The zero-order valence-corrected chi connectivity index (χ0v) is 17.5. The maximum absolute atomic E-state index is 12.9. The van der Waals surface area contributed by atoms with E-state index in [1.807, 2.05) is 18.2 Å². The summed E-state index contributed by atoms with van der Waals surface area (Å²) in [6.07, 6.45) is 4.67. The maximum Gasteiger partial charge on any atom is 0.325 e. The molecular weight excluding hydrogens is 396 g/mol. The molecule has 162 valence electrons. The summed E-state index contributed by atoms with van der Waals surface area (Å²) in [6.45, 7) is 2.06. The maximum atomic E-state index is 12.9. The Hall–Kier alpha value is -3.42. The van der Waals surface area contributed by atoms with Gasteiger partial charge >= 0.3 is 6.03 Å². The van der Waals surface area contributed by atoms with Crippen molar-refractivity contribution in [1.29, 1.82) is 0 Å². The molecule has 4 amide bonds. The number of anilines is 1. The molecule has 1 aromatic carbocycles. The van der Waals surface area contributed by atoms with Crippen molar-refractivity contribution >= 4 is 23.5 Å². The number of benzene rings is 1. The number of urea groups is 1. The normalized spacial score (nSPS) is 23.0. The molecule has 2 aromatic rings. The predicted octanol–water partition coefficient (Wildman–Crippen LogP) is 3.10. The van der Waals surface area contributed by atoms with Crippen LogP contribution in [0, 0.1) is 5.92 Å². The SMILES string of the molecule is CC1CCC2(CC1)NC(=O)N(CC(=O)Nc1ccccc1OCc1ccccn1)C2=O. The topological polar surface area (TPSA) is 101 Å². The Kier molecular flexibility index (Phi) is 5.88. The molecule has 0 unspecified atom stereocenters. The summed E-state index contributed by atoms with van der Waals surface area (Å²) >= 11 is 0. The summed E-state index contributed by atoms with van der Waals surface area (Å²) in [5, 5.41) is 5.59. The van der Waals surface area contributed by atoms with Gasteiger partial charge in [-0.25, -0.2) is 4.79 Å². The summed E-state index contributed by atoms with van der Waals surface area (Å²) in [5.74, 6) is 0.254. The molecule has 8 nitrogen and oxygen atoms in total. The van der Waals surface area contributed by atoms with Gasteiger partial charge in [0.2, 0.25) is 5.91 Å². The first-order chi connectivity index (χ1) is 15.0. The van der Waals surface area contributed by atoms with Crippen LogP contribution in [-0.2, 0) is 16.2 Å². The molecule has 0 radical (unpaired) electrons. The van der Waals surface area contributed by atoms with E-state index in [1.165, 1.54) is 0 Å². The van der Waals surface area contributed by atoms with E-state index in [4.69, 9.17) is 4.74 Å². The average Bonchev–Trinajstić information content (AvgIpc) is 3.00. The molecule has 0 atom stereocenters. The molecule has 1 saturated carbocycles. The fourth-order valence-electron chi connectivity index (χ4n) is 4.08. The fraction of sp³-hybridized carbons (Fsp3) is 0.391. The zero-order valence-electron chi connectivity index (χ0n) is 17.5. The minimum absolute atomic E-state index is 0.252. The molecule has 1 spiro atoms. The lowest BCUT2D eigenvalue weighted by Crippen LogP contribution is -2.49. The first kappa shape index (κ1) is 20.8. The highest BCUT2D eigenvalue weighted by Crippen LogP contribution is 2.36. The number of amides is 4. The van der Waals surface area contributed by atoms with E-state index >= 15 is 0 Å². The second-order valence-corrected chi connectivity index (χ2v) is 8.24. The number of pyridine rings is 1. The summed E-state index contributed by atoms with van der Waals surface area (Å²) < 4.78 is 5.80. The lowest BCUT2D eigenvalue weighted by atomic mass is 9.77. The first-order valence-electron chi connectivity index (χ1n) is 10.5. The van der Waals surface area contributed by atoms with Crippen molar-refractivity contribution in [2.75, 3.05) is 11.9 Å². The van der Waals surface area contributed by atoms with E-state index in [2.05, 4.69) is 22.5 Å². The van der Waals surface area contributed by atoms with Crippen LogP contribution >= 0.6 is 0 Å². The van der Waals surface area contributed by atoms with E-state index in [9.17, 15) is 14.4 Å². The number of hydrogen-bond acceptors (Lipinski definition) is 5. The third-order valence-electron chi connectivity index (χ3n) is 5.94. The van der Waals surface area contributed by atoms with Gasteiger partial charge in [0.15, 0.2) is 0 Å². The Bertz CT molecular complexity index is 971. The van der Waals surface area contributed by atoms with Crippen molar-refractivity contribution in [3.63, 3.8) is 0 Å². The Balaban J connectivity index is 1.39. The van der Waals surface area contributed by atoms with Crippen LogP contribution in [0.5, 0.6) is 5.75 Å². The van der Waals surface area contributed by atoms with Crippen molar-refractivity contribution in [1.82, 2.24) is 15.2 Å². The summed E-state index contributed by atoms with van der Waals surface area (Å²) in [4.78, 5) is 43.3. The molecule has 2 N–H and O–H groups in total. The number of nitrogens with one attached hydrogen (secondary N) is 2. The van der Waals surface area contributed by atoms with E-state index in [-0.39, 0.29) is 19.1 Å². The van der Waals surface area contributed by atoms with Gasteiger partial charge in [0, 0.05) is 6.20 Å². The zero-order chi connectivity index (χ0) is 21.8. The minimum atomic E-state index is -0.854. The largest absolute Gasteiger partial charge is 0.485 e. The first-order valence-corrected chi connectivity index (χ1v) is 10.5. The monoisotopic (exact) mass is 422 g/mol. The number of hydrogen-bond donors (Lipinski definition) is 2. The number of imide groups is 1. The smallest absolute Gasteiger partial charge is 0.325 e. The molecule has 0 bridgehead atoms. The Morgan fingerprint density at radius 1 is 1.19 bits per heavy atom. The van der Waals surface area contributed by atoms with Crippen LogP contribution in [0.25, 0.3) is 0 Å². The number of carbonyl (C=O) groups is 3. The summed E-state index contributed by atoms with van der Waals surface area (Å²) in [5.41, 5.74) is 0.375. The summed E-state index contributed by atoms with van der Waals surface area (Å²) in [6, 6.07) is 12.1. The highest BCUT2D eigenvalue weighted by atomic mass is 16.5. The van der Waals surface area contributed by atoms with Gasteiger partial charge in [-0.1, -0.05) is 25.1 Å². The number of para-hydroxylation sites is 2.